The zero-order valence-corrected chi connectivity index (χ0v) is 16.0. The van der Waals surface area contributed by atoms with Gasteiger partial charge in [-0.2, -0.15) is 0 Å². The number of ketones is 1. The molecule has 0 amide bonds. The Labute approximate surface area is 158 Å². The largest absolute Gasteiger partial charge is 0.504 e. The molecule has 0 fully saturated rings. The molecule has 1 unspecified atom stereocenters. The lowest BCUT2D eigenvalue weighted by Gasteiger charge is -2.37. The molecule has 6 heteroatoms. The average molecular weight is 368 g/mol. The van der Waals surface area contributed by atoms with Gasteiger partial charge in [0.1, 0.15) is 0 Å². The van der Waals surface area contributed by atoms with Gasteiger partial charge in [0, 0.05) is 23.6 Å². The number of ether oxygens (including phenoxy) is 1. The maximum absolute atomic E-state index is 13.1. The van der Waals surface area contributed by atoms with Gasteiger partial charge < -0.3 is 19.7 Å². The fourth-order valence-electron chi connectivity index (χ4n) is 4.18. The molecule has 1 aromatic heterocycles. The van der Waals surface area contributed by atoms with Crippen LogP contribution in [0.5, 0.6) is 11.5 Å². The molecule has 142 valence electrons. The summed E-state index contributed by atoms with van der Waals surface area (Å²) in [6, 6.07) is 5.26. The number of anilines is 1. The maximum Gasteiger partial charge on any atom is 0.233 e. The van der Waals surface area contributed by atoms with Crippen LogP contribution in [0.1, 0.15) is 56.4 Å². The molecule has 1 aliphatic heterocycles. The predicted molar refractivity (Wildman–Crippen MR) is 101 cm³/mol. The second-order valence-electron chi connectivity index (χ2n) is 8.06. The second-order valence-corrected chi connectivity index (χ2v) is 8.06. The predicted octanol–water partition coefficient (Wildman–Crippen LogP) is 4.29. The molecule has 0 bridgehead atoms. The third-order valence-electron chi connectivity index (χ3n) is 5.29. The number of phenols is 1. The van der Waals surface area contributed by atoms with E-state index in [0.717, 1.165) is 34.5 Å². The van der Waals surface area contributed by atoms with Crippen LogP contribution in [0.3, 0.4) is 0 Å². The Balaban J connectivity index is 1.91. The van der Waals surface area contributed by atoms with Gasteiger partial charge in [-0.3, -0.25) is 4.79 Å². The third kappa shape index (κ3) is 2.89. The van der Waals surface area contributed by atoms with Crippen LogP contribution in [0, 0.1) is 12.3 Å². The highest BCUT2D eigenvalue weighted by molar-refractivity contribution is 6.01. The molecule has 0 spiro atoms. The van der Waals surface area contributed by atoms with Crippen LogP contribution in [0.2, 0.25) is 0 Å². The SMILES string of the molecule is CCOc1cc(C2C3=C(CC(C)(C)CC3=O)Nc3onc(C)c32)ccc1O. The van der Waals surface area contributed by atoms with Crippen LogP contribution in [-0.2, 0) is 4.79 Å². The minimum Gasteiger partial charge on any atom is -0.504 e. The highest BCUT2D eigenvalue weighted by Gasteiger charge is 2.43. The number of aromatic hydroxyl groups is 1. The number of Topliss-reactive ketones (excluding diaryl/α,β-unsaturated/α-hetero) is 1. The maximum atomic E-state index is 13.1. The Hall–Kier alpha value is -2.76. The number of phenolic OH excluding ortho intramolecular Hbond substituents is 1. The highest BCUT2D eigenvalue weighted by Crippen LogP contribution is 2.50. The van der Waals surface area contributed by atoms with E-state index in [2.05, 4.69) is 24.3 Å². The lowest BCUT2D eigenvalue weighted by atomic mass is 9.69. The van der Waals surface area contributed by atoms with Gasteiger partial charge in [0.2, 0.25) is 5.88 Å². The molecule has 4 rings (SSSR count). The number of rotatable bonds is 3. The monoisotopic (exact) mass is 368 g/mol. The van der Waals surface area contributed by atoms with Crippen LogP contribution in [0.15, 0.2) is 34.0 Å². The van der Waals surface area contributed by atoms with Crippen molar-refractivity contribution in [1.82, 2.24) is 5.16 Å². The Bertz CT molecular complexity index is 955. The van der Waals surface area contributed by atoms with Crippen LogP contribution in [-0.4, -0.2) is 22.7 Å². The summed E-state index contributed by atoms with van der Waals surface area (Å²) < 4.78 is 11.1. The fraction of sp³-hybridized carbons (Fsp3) is 0.429. The average Bonchev–Trinajstić information content (AvgIpc) is 2.95. The van der Waals surface area contributed by atoms with Gasteiger partial charge in [0.25, 0.3) is 0 Å². The molecule has 6 nitrogen and oxygen atoms in total. The molecule has 1 aliphatic carbocycles. The number of carbonyl (C=O) groups excluding carboxylic acids is 1. The van der Waals surface area contributed by atoms with Crippen molar-refractivity contribution in [1.29, 1.82) is 0 Å². The summed E-state index contributed by atoms with van der Waals surface area (Å²) in [5, 5.41) is 17.5. The topological polar surface area (TPSA) is 84.6 Å². The van der Waals surface area contributed by atoms with E-state index >= 15 is 0 Å². The van der Waals surface area contributed by atoms with E-state index in [9.17, 15) is 9.90 Å². The van der Waals surface area contributed by atoms with Crippen LogP contribution in [0.4, 0.5) is 5.88 Å². The van der Waals surface area contributed by atoms with E-state index in [0.29, 0.717) is 24.7 Å². The highest BCUT2D eigenvalue weighted by atomic mass is 16.5. The van der Waals surface area contributed by atoms with E-state index in [4.69, 9.17) is 9.26 Å². The zero-order chi connectivity index (χ0) is 19.3. The standard InChI is InChI=1S/C21H24N2O4/c1-5-26-16-8-12(6-7-14(16)24)18-17-11(2)23-27-20(17)22-13-9-21(3,4)10-15(25)19(13)18/h6-8,18,22,24H,5,9-10H2,1-4H3. The Kier molecular flexibility index (Phi) is 4.02. The van der Waals surface area contributed by atoms with Crippen LogP contribution < -0.4 is 10.1 Å². The van der Waals surface area contributed by atoms with Crippen molar-refractivity contribution < 1.29 is 19.2 Å². The number of fused-ring (bicyclic) bond motifs is 1. The number of benzene rings is 1. The van der Waals surface area contributed by atoms with Gasteiger partial charge in [-0.05, 0) is 43.4 Å². The molecule has 2 aliphatic rings. The Morgan fingerprint density at radius 2 is 2.15 bits per heavy atom. The van der Waals surface area contributed by atoms with Crippen molar-refractivity contribution in [2.24, 2.45) is 5.41 Å². The quantitative estimate of drug-likeness (QED) is 0.841. The smallest absolute Gasteiger partial charge is 0.233 e. The van der Waals surface area contributed by atoms with Crippen molar-refractivity contribution in [3.8, 4) is 11.5 Å². The first-order chi connectivity index (χ1) is 12.8. The van der Waals surface area contributed by atoms with Crippen molar-refractivity contribution in [2.45, 2.75) is 46.5 Å². The van der Waals surface area contributed by atoms with Crippen LogP contribution in [0.25, 0.3) is 0 Å². The summed E-state index contributed by atoms with van der Waals surface area (Å²) in [6.45, 7) is 8.39. The molecular formula is C21H24N2O4. The minimum atomic E-state index is -0.286. The first-order valence-corrected chi connectivity index (χ1v) is 9.26. The molecule has 0 saturated heterocycles. The van der Waals surface area contributed by atoms with Gasteiger partial charge in [-0.15, -0.1) is 0 Å². The summed E-state index contributed by atoms with van der Waals surface area (Å²) in [4.78, 5) is 13.1. The lowest BCUT2D eigenvalue weighted by Crippen LogP contribution is -2.33. The summed E-state index contributed by atoms with van der Waals surface area (Å²) in [7, 11) is 0. The molecule has 0 radical (unpaired) electrons. The molecule has 1 atom stereocenters. The number of nitrogens with zero attached hydrogens (tertiary/aromatic N) is 1. The van der Waals surface area contributed by atoms with E-state index < -0.39 is 0 Å². The summed E-state index contributed by atoms with van der Waals surface area (Å²) >= 11 is 0. The Morgan fingerprint density at radius 3 is 2.89 bits per heavy atom. The van der Waals surface area contributed by atoms with Crippen LogP contribution >= 0.6 is 0 Å². The minimum absolute atomic E-state index is 0.0853. The number of aromatic nitrogens is 1. The summed E-state index contributed by atoms with van der Waals surface area (Å²) in [5.41, 5.74) is 4.06. The van der Waals surface area contributed by atoms with Gasteiger partial charge in [0.05, 0.1) is 17.9 Å². The first-order valence-electron chi connectivity index (χ1n) is 9.26. The molecular weight excluding hydrogens is 344 g/mol. The molecule has 0 saturated carbocycles. The van der Waals surface area contributed by atoms with E-state index in [-0.39, 0.29) is 22.9 Å². The molecule has 2 N–H and O–H groups in total. The van der Waals surface area contributed by atoms with E-state index in [1.165, 1.54) is 0 Å². The van der Waals surface area contributed by atoms with E-state index in [1.54, 1.807) is 6.07 Å². The second kappa shape index (κ2) is 6.15. The summed E-state index contributed by atoms with van der Waals surface area (Å²) in [5.74, 6) is 0.937. The summed E-state index contributed by atoms with van der Waals surface area (Å²) in [6.07, 6.45) is 1.26. The first kappa shape index (κ1) is 17.6. The number of allylic oxidation sites excluding steroid dienone is 2. The van der Waals surface area contributed by atoms with Crippen molar-refractivity contribution in [3.05, 3.63) is 46.3 Å². The number of hydrogen-bond donors (Lipinski definition) is 2. The van der Waals surface area contributed by atoms with Crippen molar-refractivity contribution >= 4 is 11.7 Å². The lowest BCUT2D eigenvalue weighted by molar-refractivity contribution is -0.118. The molecule has 1 aromatic carbocycles. The van der Waals surface area contributed by atoms with Crippen molar-refractivity contribution in [3.63, 3.8) is 0 Å². The molecule has 2 aromatic rings. The van der Waals surface area contributed by atoms with E-state index in [1.807, 2.05) is 26.0 Å². The normalized spacial score (nSPS) is 20.7. The molecule has 2 heterocycles. The zero-order valence-electron chi connectivity index (χ0n) is 16.0. The number of hydrogen-bond acceptors (Lipinski definition) is 6. The van der Waals surface area contributed by atoms with Gasteiger partial charge >= 0.3 is 0 Å². The van der Waals surface area contributed by atoms with Gasteiger partial charge in [-0.1, -0.05) is 25.1 Å². The Morgan fingerprint density at radius 1 is 1.37 bits per heavy atom. The van der Waals surface area contributed by atoms with Gasteiger partial charge in [0.15, 0.2) is 17.3 Å². The third-order valence-corrected chi connectivity index (χ3v) is 5.29. The number of nitrogens with one attached hydrogen (secondary N) is 1. The molecule has 27 heavy (non-hydrogen) atoms. The van der Waals surface area contributed by atoms with Crippen molar-refractivity contribution in [2.75, 3.05) is 11.9 Å². The number of aryl methyl sites for hydroxylation is 1. The number of carbonyl (C=O) groups is 1. The van der Waals surface area contributed by atoms with Gasteiger partial charge in [-0.25, -0.2) is 0 Å². The fourth-order valence-corrected chi connectivity index (χ4v) is 4.18.